The van der Waals surface area contributed by atoms with Crippen molar-refractivity contribution in [3.8, 4) is 0 Å². The molecule has 0 radical (unpaired) electrons. The molecule has 0 spiro atoms. The third-order valence-corrected chi connectivity index (χ3v) is 3.19. The van der Waals surface area contributed by atoms with Crippen molar-refractivity contribution >= 4 is 11.8 Å². The standard InChI is InChI=1S/C6H8OS/c7-5-3-4-1-2-6(5)8-4/h1-2,4-7H,3H2. The molecule has 2 bridgehead atoms. The van der Waals surface area contributed by atoms with E-state index in [0.29, 0.717) is 10.5 Å². The lowest BCUT2D eigenvalue weighted by atomic mass is 10.1. The molecule has 1 nitrogen and oxygen atoms in total. The van der Waals surface area contributed by atoms with E-state index in [1.165, 1.54) is 0 Å². The topological polar surface area (TPSA) is 20.2 Å². The summed E-state index contributed by atoms with van der Waals surface area (Å²) in [6.45, 7) is 0. The quantitative estimate of drug-likeness (QED) is 0.487. The molecule has 3 atom stereocenters. The summed E-state index contributed by atoms with van der Waals surface area (Å²) in [5.41, 5.74) is 0. The molecule has 0 aromatic rings. The predicted octanol–water partition coefficient (Wildman–Crippen LogP) is 0.791. The van der Waals surface area contributed by atoms with E-state index in [2.05, 4.69) is 12.2 Å². The van der Waals surface area contributed by atoms with Crippen LogP contribution in [0.5, 0.6) is 0 Å². The summed E-state index contributed by atoms with van der Waals surface area (Å²) in [6, 6.07) is 0. The van der Waals surface area contributed by atoms with Crippen LogP contribution in [-0.4, -0.2) is 21.7 Å². The maximum atomic E-state index is 9.15. The second kappa shape index (κ2) is 1.52. The molecule has 0 aromatic heterocycles. The molecule has 1 saturated heterocycles. The van der Waals surface area contributed by atoms with Gasteiger partial charge in [0.05, 0.1) is 6.10 Å². The Morgan fingerprint density at radius 2 is 2.38 bits per heavy atom. The van der Waals surface area contributed by atoms with Crippen LogP contribution in [0, 0.1) is 0 Å². The summed E-state index contributed by atoms with van der Waals surface area (Å²) in [5.74, 6) is 0. The van der Waals surface area contributed by atoms with E-state index in [0.717, 1.165) is 6.42 Å². The highest BCUT2D eigenvalue weighted by Crippen LogP contribution is 2.40. The third kappa shape index (κ3) is 0.531. The molecule has 0 saturated carbocycles. The van der Waals surface area contributed by atoms with Gasteiger partial charge in [0.25, 0.3) is 0 Å². The van der Waals surface area contributed by atoms with Gasteiger partial charge in [0.1, 0.15) is 0 Å². The summed E-state index contributed by atoms with van der Waals surface area (Å²) in [5, 5.41) is 10.2. The highest BCUT2D eigenvalue weighted by molar-refractivity contribution is 8.01. The first-order chi connectivity index (χ1) is 3.86. The lowest BCUT2D eigenvalue weighted by Gasteiger charge is -2.07. The first-order valence-corrected chi connectivity index (χ1v) is 3.82. The molecule has 2 aliphatic heterocycles. The number of rotatable bonds is 0. The van der Waals surface area contributed by atoms with Gasteiger partial charge in [0, 0.05) is 10.5 Å². The molecule has 1 fully saturated rings. The molecule has 8 heavy (non-hydrogen) atoms. The molecule has 0 amide bonds. The van der Waals surface area contributed by atoms with E-state index in [1.54, 1.807) is 0 Å². The fraction of sp³-hybridized carbons (Fsp3) is 0.667. The zero-order chi connectivity index (χ0) is 5.56. The van der Waals surface area contributed by atoms with Crippen molar-refractivity contribution in [3.63, 3.8) is 0 Å². The van der Waals surface area contributed by atoms with Gasteiger partial charge >= 0.3 is 0 Å². The van der Waals surface area contributed by atoms with Gasteiger partial charge in [-0.25, -0.2) is 0 Å². The zero-order valence-corrected chi connectivity index (χ0v) is 5.27. The lowest BCUT2D eigenvalue weighted by molar-refractivity contribution is 0.180. The minimum Gasteiger partial charge on any atom is -0.392 e. The number of hydrogen-bond donors (Lipinski definition) is 1. The highest BCUT2D eigenvalue weighted by Gasteiger charge is 2.34. The molecule has 2 rings (SSSR count). The largest absolute Gasteiger partial charge is 0.392 e. The van der Waals surface area contributed by atoms with Crippen LogP contribution in [0.15, 0.2) is 12.2 Å². The van der Waals surface area contributed by atoms with Gasteiger partial charge in [-0.15, -0.1) is 11.8 Å². The van der Waals surface area contributed by atoms with Gasteiger partial charge in [0.15, 0.2) is 0 Å². The summed E-state index contributed by atoms with van der Waals surface area (Å²) < 4.78 is 0. The Bertz CT molecular complexity index is 132. The van der Waals surface area contributed by atoms with Crippen molar-refractivity contribution in [2.45, 2.75) is 23.0 Å². The van der Waals surface area contributed by atoms with Crippen LogP contribution in [0.3, 0.4) is 0 Å². The van der Waals surface area contributed by atoms with Crippen molar-refractivity contribution in [2.24, 2.45) is 0 Å². The molecule has 3 unspecified atom stereocenters. The van der Waals surface area contributed by atoms with Crippen LogP contribution in [-0.2, 0) is 0 Å². The van der Waals surface area contributed by atoms with Crippen molar-refractivity contribution < 1.29 is 5.11 Å². The highest BCUT2D eigenvalue weighted by atomic mass is 32.2. The third-order valence-electron chi connectivity index (χ3n) is 1.70. The predicted molar refractivity (Wildman–Crippen MR) is 34.9 cm³/mol. The smallest absolute Gasteiger partial charge is 0.0707 e. The number of aliphatic hydroxyl groups excluding tert-OH is 1. The van der Waals surface area contributed by atoms with E-state index >= 15 is 0 Å². The Labute approximate surface area is 52.8 Å². The van der Waals surface area contributed by atoms with Crippen LogP contribution in [0.1, 0.15) is 6.42 Å². The molecule has 44 valence electrons. The SMILES string of the molecule is OC1CC2C=CC1S2. The number of fused-ring (bicyclic) bond motifs is 2. The average Bonchev–Trinajstić information content (AvgIpc) is 2.23. The average molecular weight is 128 g/mol. The van der Waals surface area contributed by atoms with Crippen LogP contribution >= 0.6 is 11.8 Å². The molecular weight excluding hydrogens is 120 g/mol. The Hall–Kier alpha value is 0.0500. The summed E-state index contributed by atoms with van der Waals surface area (Å²) in [4.78, 5) is 0. The van der Waals surface area contributed by atoms with Crippen molar-refractivity contribution in [2.75, 3.05) is 0 Å². The Morgan fingerprint density at radius 3 is 2.62 bits per heavy atom. The second-order valence-electron chi connectivity index (χ2n) is 2.33. The van der Waals surface area contributed by atoms with Gasteiger partial charge in [-0.2, -0.15) is 0 Å². The van der Waals surface area contributed by atoms with Crippen LogP contribution in [0.2, 0.25) is 0 Å². The number of aliphatic hydroxyl groups is 1. The second-order valence-corrected chi connectivity index (χ2v) is 3.75. The van der Waals surface area contributed by atoms with Crippen LogP contribution < -0.4 is 0 Å². The van der Waals surface area contributed by atoms with Gasteiger partial charge < -0.3 is 5.11 Å². The Morgan fingerprint density at radius 1 is 1.50 bits per heavy atom. The summed E-state index contributed by atoms with van der Waals surface area (Å²) in [7, 11) is 0. The molecular formula is C6H8OS. The number of thioether (sulfide) groups is 1. The van der Waals surface area contributed by atoms with Crippen molar-refractivity contribution in [1.82, 2.24) is 0 Å². The Balaban J connectivity index is 2.23. The van der Waals surface area contributed by atoms with E-state index in [-0.39, 0.29) is 6.10 Å². The fourth-order valence-electron chi connectivity index (χ4n) is 1.25. The Kier molecular flexibility index (Phi) is 0.925. The van der Waals surface area contributed by atoms with Crippen LogP contribution in [0.25, 0.3) is 0 Å². The fourth-order valence-corrected chi connectivity index (χ4v) is 2.62. The van der Waals surface area contributed by atoms with Gasteiger partial charge in [-0.3, -0.25) is 0 Å². The van der Waals surface area contributed by atoms with Crippen molar-refractivity contribution in [3.05, 3.63) is 12.2 Å². The monoisotopic (exact) mass is 128 g/mol. The molecule has 2 heteroatoms. The first kappa shape index (κ1) is 4.89. The van der Waals surface area contributed by atoms with Gasteiger partial charge in [-0.05, 0) is 6.42 Å². The minimum absolute atomic E-state index is 0.0463. The maximum absolute atomic E-state index is 9.15. The van der Waals surface area contributed by atoms with E-state index in [1.807, 2.05) is 11.8 Å². The van der Waals surface area contributed by atoms with Gasteiger partial charge in [0.2, 0.25) is 0 Å². The van der Waals surface area contributed by atoms with Crippen LogP contribution in [0.4, 0.5) is 0 Å². The summed E-state index contributed by atoms with van der Waals surface area (Å²) in [6.07, 6.45) is 5.24. The van der Waals surface area contributed by atoms with Crippen molar-refractivity contribution in [1.29, 1.82) is 0 Å². The zero-order valence-electron chi connectivity index (χ0n) is 4.45. The molecule has 0 aliphatic carbocycles. The van der Waals surface area contributed by atoms with E-state index in [4.69, 9.17) is 5.11 Å². The minimum atomic E-state index is -0.0463. The lowest BCUT2D eigenvalue weighted by Crippen LogP contribution is -2.16. The van der Waals surface area contributed by atoms with Gasteiger partial charge in [-0.1, -0.05) is 12.2 Å². The number of hydrogen-bond acceptors (Lipinski definition) is 2. The maximum Gasteiger partial charge on any atom is 0.0707 e. The normalized spacial score (nSPS) is 50.9. The molecule has 1 N–H and O–H groups in total. The molecule has 2 heterocycles. The summed E-state index contributed by atoms with van der Waals surface area (Å²) >= 11 is 1.88. The molecule has 0 aromatic carbocycles. The first-order valence-electron chi connectivity index (χ1n) is 2.88. The van der Waals surface area contributed by atoms with E-state index in [9.17, 15) is 0 Å². The van der Waals surface area contributed by atoms with E-state index < -0.39 is 0 Å². The molecule has 2 aliphatic rings.